The van der Waals surface area contributed by atoms with Gasteiger partial charge in [0.2, 0.25) is 0 Å². The van der Waals surface area contributed by atoms with Gasteiger partial charge in [-0.3, -0.25) is 0 Å². The van der Waals surface area contributed by atoms with E-state index >= 15 is 0 Å². The number of hydrogen-bond donors (Lipinski definition) is 2. The summed E-state index contributed by atoms with van der Waals surface area (Å²) < 4.78 is 10.9. The minimum absolute atomic E-state index is 0.182. The summed E-state index contributed by atoms with van der Waals surface area (Å²) in [5.74, 6) is 0.829. The van der Waals surface area contributed by atoms with Gasteiger partial charge in [0.25, 0.3) is 0 Å². The lowest BCUT2D eigenvalue weighted by Gasteiger charge is -2.16. The Hall–Kier alpha value is -1.10. The Labute approximate surface area is 109 Å². The maximum atomic E-state index is 6.01. The molecule has 1 aromatic rings. The van der Waals surface area contributed by atoms with E-state index in [0.717, 1.165) is 30.9 Å². The molecule has 4 N–H and O–H groups in total. The van der Waals surface area contributed by atoms with Crippen molar-refractivity contribution in [1.82, 2.24) is 0 Å². The lowest BCUT2D eigenvalue weighted by molar-refractivity contribution is 0.151. The molecular weight excluding hydrogens is 228 g/mol. The topological polar surface area (TPSA) is 70.5 Å². The smallest absolute Gasteiger partial charge is 0.124 e. The van der Waals surface area contributed by atoms with E-state index in [0.29, 0.717) is 13.2 Å². The summed E-state index contributed by atoms with van der Waals surface area (Å²) in [4.78, 5) is 0. The number of rotatable bonds is 8. The number of benzene rings is 1. The van der Waals surface area contributed by atoms with E-state index in [9.17, 15) is 0 Å². The molecule has 0 aliphatic carbocycles. The molecule has 0 aliphatic rings. The Morgan fingerprint density at radius 1 is 1.22 bits per heavy atom. The number of hydrogen-bond acceptors (Lipinski definition) is 4. The van der Waals surface area contributed by atoms with Gasteiger partial charge in [0.05, 0.1) is 13.2 Å². The Bertz CT molecular complexity index is 356. The van der Waals surface area contributed by atoms with E-state index in [1.54, 1.807) is 0 Å². The third-order valence-electron chi connectivity index (χ3n) is 2.77. The summed E-state index contributed by atoms with van der Waals surface area (Å²) >= 11 is 0. The third-order valence-corrected chi connectivity index (χ3v) is 2.77. The van der Waals surface area contributed by atoms with Crippen molar-refractivity contribution >= 4 is 0 Å². The molecule has 0 heterocycles. The van der Waals surface area contributed by atoms with Crippen LogP contribution in [-0.2, 0) is 11.2 Å². The van der Waals surface area contributed by atoms with Crippen LogP contribution in [0.25, 0.3) is 0 Å². The molecule has 1 unspecified atom stereocenters. The van der Waals surface area contributed by atoms with Gasteiger partial charge in [0, 0.05) is 24.8 Å². The predicted molar refractivity (Wildman–Crippen MR) is 73.8 cm³/mol. The van der Waals surface area contributed by atoms with Crippen molar-refractivity contribution in [2.45, 2.75) is 26.3 Å². The van der Waals surface area contributed by atoms with E-state index in [-0.39, 0.29) is 6.04 Å². The van der Waals surface area contributed by atoms with Crippen LogP contribution in [0.4, 0.5) is 0 Å². The van der Waals surface area contributed by atoms with E-state index in [4.69, 9.17) is 20.9 Å². The molecule has 0 saturated carbocycles. The van der Waals surface area contributed by atoms with Crippen LogP contribution in [0.2, 0.25) is 0 Å². The first-order valence-electron chi connectivity index (χ1n) is 6.51. The molecule has 4 nitrogen and oxygen atoms in total. The summed E-state index contributed by atoms with van der Waals surface area (Å²) in [5.41, 5.74) is 13.8. The normalized spacial score (nSPS) is 12.4. The van der Waals surface area contributed by atoms with Gasteiger partial charge in [-0.2, -0.15) is 0 Å². The van der Waals surface area contributed by atoms with Gasteiger partial charge in [-0.1, -0.05) is 12.1 Å². The number of nitrogens with two attached hydrogens (primary N) is 2. The Morgan fingerprint density at radius 3 is 2.61 bits per heavy atom. The highest BCUT2D eigenvalue weighted by Gasteiger charge is 2.11. The zero-order valence-corrected chi connectivity index (χ0v) is 11.3. The fourth-order valence-corrected chi connectivity index (χ4v) is 1.79. The molecule has 0 radical (unpaired) electrons. The van der Waals surface area contributed by atoms with Crippen molar-refractivity contribution in [2.75, 3.05) is 26.4 Å². The minimum atomic E-state index is -0.182. The molecule has 0 amide bonds. The highest BCUT2D eigenvalue weighted by molar-refractivity contribution is 5.39. The molecule has 4 heteroatoms. The van der Waals surface area contributed by atoms with E-state index in [2.05, 4.69) is 12.1 Å². The van der Waals surface area contributed by atoms with Crippen LogP contribution < -0.4 is 16.2 Å². The van der Waals surface area contributed by atoms with Crippen molar-refractivity contribution in [3.8, 4) is 5.75 Å². The van der Waals surface area contributed by atoms with E-state index in [1.807, 2.05) is 19.9 Å². The summed E-state index contributed by atoms with van der Waals surface area (Å²) in [6.07, 6.45) is 0.880. The van der Waals surface area contributed by atoms with Gasteiger partial charge in [0.1, 0.15) is 5.75 Å². The molecule has 1 aromatic carbocycles. The van der Waals surface area contributed by atoms with E-state index < -0.39 is 0 Å². The first-order valence-corrected chi connectivity index (χ1v) is 6.51. The maximum absolute atomic E-state index is 6.01. The molecule has 18 heavy (non-hydrogen) atoms. The highest BCUT2D eigenvalue weighted by atomic mass is 16.5. The predicted octanol–water partition coefficient (Wildman–Crippen LogP) is 1.62. The monoisotopic (exact) mass is 252 g/mol. The standard InChI is InChI=1S/C14H24N2O2/c1-3-17-8-7-11-5-6-14(18-4-2)12(9-11)13(16)10-15/h5-6,9,13H,3-4,7-8,10,15-16H2,1-2H3. The second-order valence-electron chi connectivity index (χ2n) is 4.09. The Morgan fingerprint density at radius 2 is 2.00 bits per heavy atom. The summed E-state index contributed by atoms with van der Waals surface area (Å²) in [6, 6.07) is 5.91. The van der Waals surface area contributed by atoms with E-state index in [1.165, 1.54) is 5.56 Å². The Kier molecular flexibility index (Phi) is 6.72. The first kappa shape index (κ1) is 15.0. The summed E-state index contributed by atoms with van der Waals surface area (Å²) in [6.45, 7) is 6.46. The second-order valence-corrected chi connectivity index (χ2v) is 4.09. The molecule has 102 valence electrons. The average molecular weight is 252 g/mol. The highest BCUT2D eigenvalue weighted by Crippen LogP contribution is 2.25. The fourth-order valence-electron chi connectivity index (χ4n) is 1.79. The van der Waals surface area contributed by atoms with Gasteiger partial charge in [-0.25, -0.2) is 0 Å². The molecule has 1 atom stereocenters. The molecule has 0 saturated heterocycles. The largest absolute Gasteiger partial charge is 0.494 e. The van der Waals surface area contributed by atoms with Gasteiger partial charge in [-0.15, -0.1) is 0 Å². The van der Waals surface area contributed by atoms with Crippen LogP contribution in [0, 0.1) is 0 Å². The minimum Gasteiger partial charge on any atom is -0.494 e. The number of ether oxygens (including phenoxy) is 2. The molecular formula is C14H24N2O2. The van der Waals surface area contributed by atoms with Crippen molar-refractivity contribution in [3.05, 3.63) is 29.3 Å². The summed E-state index contributed by atoms with van der Waals surface area (Å²) in [7, 11) is 0. The van der Waals surface area contributed by atoms with Crippen LogP contribution in [-0.4, -0.2) is 26.4 Å². The van der Waals surface area contributed by atoms with Crippen molar-refractivity contribution in [1.29, 1.82) is 0 Å². The SMILES string of the molecule is CCOCCc1ccc(OCC)c(C(N)CN)c1. The van der Waals surface area contributed by atoms with Crippen LogP contribution in [0.15, 0.2) is 18.2 Å². The zero-order chi connectivity index (χ0) is 13.4. The zero-order valence-electron chi connectivity index (χ0n) is 11.3. The van der Waals surface area contributed by atoms with Crippen LogP contribution in [0.1, 0.15) is 31.0 Å². The average Bonchev–Trinajstić information content (AvgIpc) is 2.40. The van der Waals surface area contributed by atoms with Crippen molar-refractivity contribution in [2.24, 2.45) is 11.5 Å². The van der Waals surface area contributed by atoms with Gasteiger partial charge >= 0.3 is 0 Å². The molecule has 0 aliphatic heterocycles. The second kappa shape index (κ2) is 8.08. The Balaban J connectivity index is 2.83. The van der Waals surface area contributed by atoms with Gasteiger partial charge in [0.15, 0.2) is 0 Å². The quantitative estimate of drug-likeness (QED) is 0.690. The van der Waals surface area contributed by atoms with Crippen LogP contribution in [0.5, 0.6) is 5.75 Å². The lowest BCUT2D eigenvalue weighted by Crippen LogP contribution is -2.21. The molecule has 0 aromatic heterocycles. The first-order chi connectivity index (χ1) is 8.72. The molecule has 0 fully saturated rings. The third kappa shape index (κ3) is 4.29. The van der Waals surface area contributed by atoms with Crippen molar-refractivity contribution in [3.63, 3.8) is 0 Å². The maximum Gasteiger partial charge on any atom is 0.124 e. The van der Waals surface area contributed by atoms with Crippen LogP contribution >= 0.6 is 0 Å². The molecule has 0 spiro atoms. The fraction of sp³-hybridized carbons (Fsp3) is 0.571. The summed E-state index contributed by atoms with van der Waals surface area (Å²) in [5, 5.41) is 0. The lowest BCUT2D eigenvalue weighted by atomic mass is 10.0. The van der Waals surface area contributed by atoms with Crippen LogP contribution in [0.3, 0.4) is 0 Å². The molecule has 1 rings (SSSR count). The van der Waals surface area contributed by atoms with Gasteiger partial charge < -0.3 is 20.9 Å². The van der Waals surface area contributed by atoms with Gasteiger partial charge in [-0.05, 0) is 31.9 Å². The molecule has 0 bridgehead atoms. The van der Waals surface area contributed by atoms with Crippen molar-refractivity contribution < 1.29 is 9.47 Å².